The van der Waals surface area contributed by atoms with Crippen molar-refractivity contribution in [1.29, 1.82) is 0 Å². The molecule has 3 rings (SSSR count). The van der Waals surface area contributed by atoms with E-state index in [-0.39, 0.29) is 11.9 Å². The summed E-state index contributed by atoms with van der Waals surface area (Å²) in [5.74, 6) is 0.562. The molecule has 0 aliphatic carbocycles. The number of aromatic nitrogens is 2. The monoisotopic (exact) mass is 372 g/mol. The molecule has 0 aromatic carbocycles. The summed E-state index contributed by atoms with van der Waals surface area (Å²) < 4.78 is 39.9. The van der Waals surface area contributed by atoms with Crippen LogP contribution in [0.15, 0.2) is 17.0 Å². The number of amides is 2. The molecule has 2 aromatic heterocycles. The van der Waals surface area contributed by atoms with Crippen molar-refractivity contribution < 1.29 is 18.0 Å². The Labute approximate surface area is 147 Å². The summed E-state index contributed by atoms with van der Waals surface area (Å²) in [7, 11) is 1.70. The first-order chi connectivity index (χ1) is 11.7. The van der Waals surface area contributed by atoms with Gasteiger partial charge in [0.05, 0.1) is 5.69 Å². The summed E-state index contributed by atoms with van der Waals surface area (Å²) in [6.45, 7) is 2.84. The van der Waals surface area contributed by atoms with Crippen LogP contribution >= 0.6 is 11.3 Å². The van der Waals surface area contributed by atoms with E-state index >= 15 is 0 Å². The van der Waals surface area contributed by atoms with Crippen molar-refractivity contribution in [3.05, 3.63) is 34.0 Å². The first-order valence-electron chi connectivity index (χ1n) is 7.92. The molecule has 0 unspecified atom stereocenters. The van der Waals surface area contributed by atoms with Gasteiger partial charge in [0.2, 0.25) is 0 Å². The zero-order valence-electron chi connectivity index (χ0n) is 13.9. The van der Waals surface area contributed by atoms with Crippen molar-refractivity contribution >= 4 is 23.1 Å². The Morgan fingerprint density at radius 1 is 1.48 bits per heavy atom. The molecular formula is C16H19F3N4OS. The average Bonchev–Trinajstić information content (AvgIpc) is 3.13. The highest BCUT2D eigenvalue weighted by molar-refractivity contribution is 7.08. The third kappa shape index (κ3) is 3.97. The first kappa shape index (κ1) is 17.8. The standard InChI is InChI=1S/C16H19F3N4OS/c1-10-8-25-9-12(10)20-15(24)22(2)5-11-3-4-14-21-13(16(17,18)19)7-23(14)6-11/h7-9,11H,3-6H2,1-2H3,(H,20,24)/t11-/m0/s1. The number of carbonyl (C=O) groups is 1. The fourth-order valence-electron chi connectivity index (χ4n) is 2.97. The maximum Gasteiger partial charge on any atom is 0.434 e. The lowest BCUT2D eigenvalue weighted by molar-refractivity contribution is -0.141. The fraction of sp³-hybridized carbons (Fsp3) is 0.500. The van der Waals surface area contributed by atoms with Gasteiger partial charge in [-0.15, -0.1) is 11.3 Å². The Balaban J connectivity index is 1.59. The molecule has 0 radical (unpaired) electrons. The number of urea groups is 1. The minimum absolute atomic E-state index is 0.0992. The number of rotatable bonds is 3. The highest BCUT2D eigenvalue weighted by atomic mass is 32.1. The zero-order chi connectivity index (χ0) is 18.2. The number of carbonyl (C=O) groups excluding carboxylic acids is 1. The van der Waals surface area contributed by atoms with Crippen molar-refractivity contribution in [2.45, 2.75) is 32.5 Å². The van der Waals surface area contributed by atoms with Gasteiger partial charge >= 0.3 is 12.2 Å². The molecule has 25 heavy (non-hydrogen) atoms. The number of fused-ring (bicyclic) bond motifs is 1. The molecule has 0 spiro atoms. The summed E-state index contributed by atoms with van der Waals surface area (Å²) in [6, 6.07) is -0.214. The van der Waals surface area contributed by atoms with E-state index in [2.05, 4.69) is 10.3 Å². The van der Waals surface area contributed by atoms with E-state index in [9.17, 15) is 18.0 Å². The minimum atomic E-state index is -4.42. The molecule has 2 amide bonds. The van der Waals surface area contributed by atoms with Crippen LogP contribution in [0.5, 0.6) is 0 Å². The van der Waals surface area contributed by atoms with Crippen LogP contribution in [0.1, 0.15) is 23.5 Å². The van der Waals surface area contributed by atoms with Crippen LogP contribution in [0.25, 0.3) is 0 Å². The molecule has 136 valence electrons. The number of thiophene rings is 1. The molecule has 0 saturated heterocycles. The van der Waals surface area contributed by atoms with Gasteiger partial charge in [0.1, 0.15) is 5.82 Å². The number of anilines is 1. The number of nitrogens with zero attached hydrogens (tertiary/aromatic N) is 3. The lowest BCUT2D eigenvalue weighted by Gasteiger charge is -2.28. The molecule has 1 atom stereocenters. The van der Waals surface area contributed by atoms with Crippen LogP contribution in [-0.4, -0.2) is 34.1 Å². The molecule has 0 saturated carbocycles. The van der Waals surface area contributed by atoms with Crippen molar-refractivity contribution in [3.8, 4) is 0 Å². The summed E-state index contributed by atoms with van der Waals surface area (Å²) in [5, 5.41) is 6.68. The maximum absolute atomic E-state index is 12.8. The Kier molecular flexibility index (Phi) is 4.77. The molecule has 1 aliphatic rings. The van der Waals surface area contributed by atoms with E-state index in [4.69, 9.17) is 0 Å². The van der Waals surface area contributed by atoms with Crippen molar-refractivity contribution in [2.75, 3.05) is 18.9 Å². The summed E-state index contributed by atoms with van der Waals surface area (Å²) >= 11 is 1.52. The highest BCUT2D eigenvalue weighted by Gasteiger charge is 2.36. The maximum atomic E-state index is 12.8. The van der Waals surface area contributed by atoms with Gasteiger partial charge in [-0.25, -0.2) is 9.78 Å². The Bertz CT molecular complexity index is 768. The van der Waals surface area contributed by atoms with Crippen LogP contribution < -0.4 is 5.32 Å². The number of alkyl halides is 3. The number of aryl methyl sites for hydroxylation is 2. The highest BCUT2D eigenvalue weighted by Crippen LogP contribution is 2.31. The third-order valence-corrected chi connectivity index (χ3v) is 5.22. The van der Waals surface area contributed by atoms with Gasteiger partial charge in [-0.2, -0.15) is 13.2 Å². The fourth-order valence-corrected chi connectivity index (χ4v) is 3.75. The lowest BCUT2D eigenvalue weighted by Crippen LogP contribution is -2.37. The number of imidazole rings is 1. The summed E-state index contributed by atoms with van der Waals surface area (Å²) in [5.41, 5.74) is 0.951. The SMILES string of the molecule is Cc1cscc1NC(=O)N(C)C[C@@H]1CCc2nc(C(F)(F)F)cn2C1. The van der Waals surface area contributed by atoms with Crippen LogP contribution in [0, 0.1) is 12.8 Å². The van der Waals surface area contributed by atoms with Crippen LogP contribution in [0.4, 0.5) is 23.7 Å². The van der Waals surface area contributed by atoms with E-state index in [1.807, 2.05) is 17.7 Å². The second-order valence-corrected chi connectivity index (χ2v) is 7.12. The van der Waals surface area contributed by atoms with Crippen molar-refractivity contribution in [3.63, 3.8) is 0 Å². The average molecular weight is 372 g/mol. The van der Waals surface area contributed by atoms with Gasteiger partial charge in [-0.05, 0) is 30.2 Å². The largest absolute Gasteiger partial charge is 0.434 e. The molecule has 1 N–H and O–H groups in total. The normalized spacial score (nSPS) is 17.2. The number of nitrogens with one attached hydrogen (secondary N) is 1. The van der Waals surface area contributed by atoms with E-state index in [1.165, 1.54) is 11.3 Å². The molecule has 2 aromatic rings. The Hall–Kier alpha value is -2.03. The zero-order valence-corrected chi connectivity index (χ0v) is 14.7. The topological polar surface area (TPSA) is 50.2 Å². The smallest absolute Gasteiger partial charge is 0.334 e. The van der Waals surface area contributed by atoms with Gasteiger partial charge in [0.15, 0.2) is 5.69 Å². The van der Waals surface area contributed by atoms with E-state index < -0.39 is 11.9 Å². The van der Waals surface area contributed by atoms with Gasteiger partial charge < -0.3 is 14.8 Å². The van der Waals surface area contributed by atoms with Crippen molar-refractivity contribution in [1.82, 2.24) is 14.5 Å². The quantitative estimate of drug-likeness (QED) is 0.885. The van der Waals surface area contributed by atoms with Gasteiger partial charge in [0, 0.05) is 38.1 Å². The van der Waals surface area contributed by atoms with Crippen LogP contribution in [-0.2, 0) is 19.1 Å². The predicted octanol–water partition coefficient (Wildman–Crippen LogP) is 4.00. The van der Waals surface area contributed by atoms with Crippen LogP contribution in [0.3, 0.4) is 0 Å². The summed E-state index contributed by atoms with van der Waals surface area (Å²) in [6.07, 6.45) is -2.16. The second-order valence-electron chi connectivity index (χ2n) is 6.38. The molecule has 0 bridgehead atoms. The molecule has 3 heterocycles. The second kappa shape index (κ2) is 6.70. The van der Waals surface area contributed by atoms with E-state index in [0.717, 1.165) is 17.4 Å². The Morgan fingerprint density at radius 3 is 2.88 bits per heavy atom. The molecule has 9 heteroatoms. The van der Waals surface area contributed by atoms with Crippen molar-refractivity contribution in [2.24, 2.45) is 5.92 Å². The third-order valence-electron chi connectivity index (χ3n) is 4.36. The van der Waals surface area contributed by atoms with Gasteiger partial charge in [-0.1, -0.05) is 0 Å². The first-order valence-corrected chi connectivity index (χ1v) is 8.86. The minimum Gasteiger partial charge on any atom is -0.334 e. The molecule has 1 aliphatic heterocycles. The number of hydrogen-bond donors (Lipinski definition) is 1. The van der Waals surface area contributed by atoms with Gasteiger partial charge in [0.25, 0.3) is 0 Å². The summed E-state index contributed by atoms with van der Waals surface area (Å²) in [4.78, 5) is 17.5. The molecule has 5 nitrogen and oxygen atoms in total. The molecular weight excluding hydrogens is 353 g/mol. The number of halogens is 3. The molecule has 0 fully saturated rings. The number of hydrogen-bond acceptors (Lipinski definition) is 3. The predicted molar refractivity (Wildman–Crippen MR) is 89.7 cm³/mol. The van der Waals surface area contributed by atoms with E-state index in [0.29, 0.717) is 31.8 Å². The van der Waals surface area contributed by atoms with Gasteiger partial charge in [-0.3, -0.25) is 0 Å². The Morgan fingerprint density at radius 2 is 2.24 bits per heavy atom. The van der Waals surface area contributed by atoms with E-state index in [1.54, 1.807) is 16.5 Å². The van der Waals surface area contributed by atoms with Crippen LogP contribution in [0.2, 0.25) is 0 Å². The lowest BCUT2D eigenvalue weighted by atomic mass is 9.99.